The second-order valence-electron chi connectivity index (χ2n) is 4.47. The van der Waals surface area contributed by atoms with Crippen LogP contribution in [0.2, 0.25) is 0 Å². The summed E-state index contributed by atoms with van der Waals surface area (Å²) in [4.78, 5) is 4.39. The molecule has 0 bridgehead atoms. The van der Waals surface area contributed by atoms with Crippen LogP contribution in [0.25, 0.3) is 0 Å². The fourth-order valence-electron chi connectivity index (χ4n) is 1.98. The molecule has 1 N–H and O–H groups in total. The Labute approximate surface area is 118 Å². The lowest BCUT2D eigenvalue weighted by Crippen LogP contribution is -2.08. The molecule has 0 saturated heterocycles. The molecule has 1 heterocycles. The van der Waals surface area contributed by atoms with Crippen LogP contribution in [0.1, 0.15) is 43.1 Å². The van der Waals surface area contributed by atoms with E-state index < -0.39 is 0 Å². The van der Waals surface area contributed by atoms with Gasteiger partial charge in [0.25, 0.3) is 0 Å². The largest absolute Gasteiger partial charge is 0.396 e. The number of hydrogen-bond donors (Lipinski definition) is 1. The number of aryl methyl sites for hydroxylation is 1. The number of aliphatic hydroxyl groups is 1. The van der Waals surface area contributed by atoms with Crippen molar-refractivity contribution in [1.29, 1.82) is 0 Å². The average molecular weight is 276 g/mol. The van der Waals surface area contributed by atoms with Gasteiger partial charge >= 0.3 is 0 Å². The number of ether oxygens (including phenoxy) is 1. The van der Waals surface area contributed by atoms with Crippen LogP contribution < -0.4 is 0 Å². The van der Waals surface area contributed by atoms with E-state index in [1.165, 1.54) is 0 Å². The van der Waals surface area contributed by atoms with E-state index in [1.54, 1.807) is 0 Å². The number of rotatable bonds is 8. The number of nitrogens with zero attached hydrogens (tertiary/aromatic N) is 2. The molecule has 5 nitrogen and oxygen atoms in total. The summed E-state index contributed by atoms with van der Waals surface area (Å²) in [7, 11) is 0. The molecule has 1 aromatic carbocycles. The summed E-state index contributed by atoms with van der Waals surface area (Å²) in [6.45, 7) is 2.71. The topological polar surface area (TPSA) is 68.4 Å². The Hall–Kier alpha value is -1.72. The Bertz CT molecular complexity index is 499. The van der Waals surface area contributed by atoms with E-state index in [9.17, 15) is 0 Å². The number of aliphatic hydroxyl groups excluding tert-OH is 1. The van der Waals surface area contributed by atoms with Crippen molar-refractivity contribution in [3.05, 3.63) is 47.6 Å². The molecule has 2 aromatic rings. The van der Waals surface area contributed by atoms with Gasteiger partial charge in [-0.15, -0.1) is 0 Å². The van der Waals surface area contributed by atoms with Crippen LogP contribution in [0.5, 0.6) is 0 Å². The number of hydrogen-bond acceptors (Lipinski definition) is 5. The summed E-state index contributed by atoms with van der Waals surface area (Å²) >= 11 is 0. The molecule has 0 aliphatic rings. The van der Waals surface area contributed by atoms with Gasteiger partial charge in [-0.3, -0.25) is 0 Å². The first-order chi connectivity index (χ1) is 9.85. The number of unbranched alkanes of at least 4 members (excludes halogenated alkanes) is 1. The summed E-state index contributed by atoms with van der Waals surface area (Å²) in [6, 6.07) is 9.86. The zero-order valence-electron chi connectivity index (χ0n) is 11.7. The SMILES string of the molecule is CCOC(c1ccccc1)c1noc(CCCCO)n1. The first-order valence-corrected chi connectivity index (χ1v) is 6.95. The van der Waals surface area contributed by atoms with Gasteiger partial charge in [0.2, 0.25) is 11.7 Å². The minimum atomic E-state index is -0.295. The highest BCUT2D eigenvalue weighted by Gasteiger charge is 2.20. The van der Waals surface area contributed by atoms with Crippen LogP contribution in [-0.4, -0.2) is 28.5 Å². The van der Waals surface area contributed by atoms with Gasteiger partial charge in [-0.05, 0) is 25.3 Å². The van der Waals surface area contributed by atoms with Crippen LogP contribution >= 0.6 is 0 Å². The Balaban J connectivity index is 2.10. The molecule has 0 saturated carbocycles. The third-order valence-electron chi connectivity index (χ3n) is 2.95. The van der Waals surface area contributed by atoms with Crippen molar-refractivity contribution in [1.82, 2.24) is 10.1 Å². The Morgan fingerprint density at radius 3 is 2.75 bits per heavy atom. The molecule has 0 fully saturated rings. The second-order valence-corrected chi connectivity index (χ2v) is 4.47. The lowest BCUT2D eigenvalue weighted by Gasteiger charge is -2.13. The van der Waals surface area contributed by atoms with Crippen molar-refractivity contribution in [2.75, 3.05) is 13.2 Å². The summed E-state index contributed by atoms with van der Waals surface area (Å²) in [5, 5.41) is 12.8. The lowest BCUT2D eigenvalue weighted by molar-refractivity contribution is 0.0833. The molecule has 1 unspecified atom stereocenters. The molecule has 2 rings (SSSR count). The predicted molar refractivity (Wildman–Crippen MR) is 74.2 cm³/mol. The molecule has 5 heteroatoms. The zero-order chi connectivity index (χ0) is 14.2. The number of benzene rings is 1. The van der Waals surface area contributed by atoms with Gasteiger partial charge in [-0.1, -0.05) is 35.5 Å². The first-order valence-electron chi connectivity index (χ1n) is 6.95. The van der Waals surface area contributed by atoms with E-state index in [1.807, 2.05) is 37.3 Å². The number of aromatic nitrogens is 2. The van der Waals surface area contributed by atoms with Gasteiger partial charge < -0.3 is 14.4 Å². The van der Waals surface area contributed by atoms with Crippen LogP contribution in [0.15, 0.2) is 34.9 Å². The quantitative estimate of drug-likeness (QED) is 0.750. The predicted octanol–water partition coefficient (Wildman–Crippen LogP) is 2.51. The molecule has 0 spiro atoms. The smallest absolute Gasteiger partial charge is 0.226 e. The molecule has 1 atom stereocenters. The fourth-order valence-corrected chi connectivity index (χ4v) is 1.98. The van der Waals surface area contributed by atoms with Gasteiger partial charge in [0.1, 0.15) is 6.10 Å². The van der Waals surface area contributed by atoms with Crippen LogP contribution in [0.3, 0.4) is 0 Å². The van der Waals surface area contributed by atoms with E-state index >= 15 is 0 Å². The highest BCUT2D eigenvalue weighted by Crippen LogP contribution is 2.23. The van der Waals surface area contributed by atoms with Gasteiger partial charge in [0.05, 0.1) is 0 Å². The van der Waals surface area contributed by atoms with Crippen LogP contribution in [0.4, 0.5) is 0 Å². The van der Waals surface area contributed by atoms with E-state index in [4.69, 9.17) is 14.4 Å². The summed E-state index contributed by atoms with van der Waals surface area (Å²) in [5.41, 5.74) is 1.01. The first kappa shape index (κ1) is 14.7. The fraction of sp³-hybridized carbons (Fsp3) is 0.467. The molecule has 0 radical (unpaired) electrons. The van der Waals surface area contributed by atoms with Gasteiger partial charge in [-0.25, -0.2) is 0 Å². The van der Waals surface area contributed by atoms with Crippen molar-refractivity contribution in [3.8, 4) is 0 Å². The lowest BCUT2D eigenvalue weighted by atomic mass is 10.1. The molecule has 20 heavy (non-hydrogen) atoms. The van der Waals surface area contributed by atoms with Gasteiger partial charge in [0.15, 0.2) is 0 Å². The van der Waals surface area contributed by atoms with E-state index in [0.717, 1.165) is 18.4 Å². The molecular formula is C15H20N2O3. The van der Waals surface area contributed by atoms with Gasteiger partial charge in [0, 0.05) is 19.6 Å². The van der Waals surface area contributed by atoms with Crippen molar-refractivity contribution < 1.29 is 14.4 Å². The highest BCUT2D eigenvalue weighted by molar-refractivity contribution is 5.22. The monoisotopic (exact) mass is 276 g/mol. The molecule has 0 amide bonds. The average Bonchev–Trinajstić information content (AvgIpc) is 2.94. The van der Waals surface area contributed by atoms with Crippen molar-refractivity contribution in [2.24, 2.45) is 0 Å². The van der Waals surface area contributed by atoms with Gasteiger partial charge in [-0.2, -0.15) is 4.98 Å². The molecule has 0 aliphatic heterocycles. The normalized spacial score (nSPS) is 12.5. The standard InChI is InChI=1S/C15H20N2O3/c1-2-19-14(12-8-4-3-5-9-12)15-16-13(20-17-15)10-6-7-11-18/h3-5,8-9,14,18H,2,6-7,10-11H2,1H3. The van der Waals surface area contributed by atoms with Crippen LogP contribution in [-0.2, 0) is 11.2 Å². The Kier molecular flexibility index (Phi) is 5.70. The minimum Gasteiger partial charge on any atom is -0.396 e. The minimum absolute atomic E-state index is 0.187. The van der Waals surface area contributed by atoms with Crippen molar-refractivity contribution >= 4 is 0 Å². The van der Waals surface area contributed by atoms with E-state index in [-0.39, 0.29) is 12.7 Å². The Morgan fingerprint density at radius 2 is 2.05 bits per heavy atom. The van der Waals surface area contributed by atoms with E-state index in [2.05, 4.69) is 10.1 Å². The Morgan fingerprint density at radius 1 is 1.25 bits per heavy atom. The van der Waals surface area contributed by atoms with Crippen LogP contribution in [0, 0.1) is 0 Å². The summed E-state index contributed by atoms with van der Waals surface area (Å²) in [5.74, 6) is 1.14. The van der Waals surface area contributed by atoms with Crippen molar-refractivity contribution in [2.45, 2.75) is 32.3 Å². The maximum absolute atomic E-state index is 8.77. The third-order valence-corrected chi connectivity index (χ3v) is 2.95. The molecule has 0 aliphatic carbocycles. The highest BCUT2D eigenvalue weighted by atomic mass is 16.5. The molecule has 108 valence electrons. The maximum atomic E-state index is 8.77. The van der Waals surface area contributed by atoms with E-state index in [0.29, 0.717) is 24.7 Å². The van der Waals surface area contributed by atoms with Crippen molar-refractivity contribution in [3.63, 3.8) is 0 Å². The zero-order valence-corrected chi connectivity index (χ0v) is 11.7. The maximum Gasteiger partial charge on any atom is 0.226 e. The summed E-state index contributed by atoms with van der Waals surface area (Å²) < 4.78 is 11.0. The molecule has 1 aromatic heterocycles. The molecular weight excluding hydrogens is 256 g/mol. The summed E-state index contributed by atoms with van der Waals surface area (Å²) in [6.07, 6.45) is 1.96. The second kappa shape index (κ2) is 7.77. The third kappa shape index (κ3) is 3.88.